The molecule has 0 bridgehead atoms. The highest BCUT2D eigenvalue weighted by Gasteiger charge is 2.24. The lowest BCUT2D eigenvalue weighted by atomic mass is 10.2. The van der Waals surface area contributed by atoms with Gasteiger partial charge in [-0.25, -0.2) is 0 Å². The summed E-state index contributed by atoms with van der Waals surface area (Å²) in [4.78, 5) is 5.10. The summed E-state index contributed by atoms with van der Waals surface area (Å²) >= 11 is 0. The molecule has 0 spiro atoms. The van der Waals surface area contributed by atoms with Gasteiger partial charge in [0.25, 0.3) is 0 Å². The molecule has 4 heteroatoms. The van der Waals surface area contributed by atoms with Gasteiger partial charge in [-0.3, -0.25) is 0 Å². The molecule has 4 nitrogen and oxygen atoms in total. The second kappa shape index (κ2) is 7.43. The summed E-state index contributed by atoms with van der Waals surface area (Å²) in [5.41, 5.74) is 0. The van der Waals surface area contributed by atoms with Crippen molar-refractivity contribution in [1.29, 1.82) is 0 Å². The van der Waals surface area contributed by atoms with E-state index in [4.69, 9.17) is 0 Å². The van der Waals surface area contributed by atoms with Gasteiger partial charge in [0.2, 0.25) is 0 Å². The molecule has 0 radical (unpaired) electrons. The van der Waals surface area contributed by atoms with Crippen molar-refractivity contribution >= 4 is 0 Å². The zero-order valence-electron chi connectivity index (χ0n) is 11.8. The summed E-state index contributed by atoms with van der Waals surface area (Å²) in [5.74, 6) is 0. The number of nitrogens with one attached hydrogen (secondary N) is 1. The maximum absolute atomic E-state index is 9.35. The van der Waals surface area contributed by atoms with E-state index in [-0.39, 0.29) is 6.61 Å². The van der Waals surface area contributed by atoms with Gasteiger partial charge >= 0.3 is 0 Å². The van der Waals surface area contributed by atoms with Gasteiger partial charge in [0.05, 0.1) is 6.61 Å². The van der Waals surface area contributed by atoms with Crippen LogP contribution >= 0.6 is 0 Å². The summed E-state index contributed by atoms with van der Waals surface area (Å²) in [6.45, 7) is 9.74. The molecular formula is C14H29N3O. The highest BCUT2D eigenvalue weighted by Crippen LogP contribution is 2.20. The van der Waals surface area contributed by atoms with Crippen LogP contribution in [0.1, 0.15) is 32.6 Å². The molecule has 2 rings (SSSR count). The van der Waals surface area contributed by atoms with Crippen LogP contribution in [0, 0.1) is 0 Å². The van der Waals surface area contributed by atoms with Crippen LogP contribution in [-0.2, 0) is 0 Å². The molecular weight excluding hydrogens is 226 g/mol. The molecule has 1 aliphatic heterocycles. The summed E-state index contributed by atoms with van der Waals surface area (Å²) < 4.78 is 0. The largest absolute Gasteiger partial charge is 0.395 e. The van der Waals surface area contributed by atoms with Gasteiger partial charge < -0.3 is 20.2 Å². The van der Waals surface area contributed by atoms with Crippen LogP contribution in [-0.4, -0.2) is 72.9 Å². The normalized spacial score (nSPS) is 24.3. The topological polar surface area (TPSA) is 38.7 Å². The molecule has 1 atom stereocenters. The van der Waals surface area contributed by atoms with Crippen LogP contribution in [0.2, 0.25) is 0 Å². The molecule has 2 N–H and O–H groups in total. The Morgan fingerprint density at radius 1 is 1.11 bits per heavy atom. The van der Waals surface area contributed by atoms with Crippen molar-refractivity contribution in [2.24, 2.45) is 0 Å². The summed E-state index contributed by atoms with van der Waals surface area (Å²) in [7, 11) is 0. The smallest absolute Gasteiger partial charge is 0.0585 e. The Morgan fingerprint density at radius 2 is 1.72 bits per heavy atom. The fourth-order valence-corrected chi connectivity index (χ4v) is 2.70. The Labute approximate surface area is 111 Å². The molecule has 1 unspecified atom stereocenters. The average Bonchev–Trinajstić information content (AvgIpc) is 3.20. The number of rotatable bonds is 8. The average molecular weight is 255 g/mol. The number of aliphatic hydroxyl groups is 1. The van der Waals surface area contributed by atoms with Crippen LogP contribution < -0.4 is 5.32 Å². The van der Waals surface area contributed by atoms with Gasteiger partial charge in [-0.2, -0.15) is 0 Å². The predicted octanol–water partition coefficient (Wildman–Crippen LogP) is 0.517. The molecule has 2 aliphatic rings. The second-order valence-electron chi connectivity index (χ2n) is 5.79. The Bertz CT molecular complexity index is 225. The standard InChI is InChI=1S/C14H29N3O/c1-2-6-16-8-10-17(11-9-16)7-5-14(12-18)15-13-3-4-13/h13-15,18H,2-12H2,1H3. The van der Waals surface area contributed by atoms with Gasteiger partial charge in [0, 0.05) is 38.3 Å². The number of hydrogen-bond acceptors (Lipinski definition) is 4. The fourth-order valence-electron chi connectivity index (χ4n) is 2.70. The van der Waals surface area contributed by atoms with Crippen molar-refractivity contribution in [3.63, 3.8) is 0 Å². The Morgan fingerprint density at radius 3 is 2.22 bits per heavy atom. The third kappa shape index (κ3) is 4.84. The van der Waals surface area contributed by atoms with Crippen LogP contribution in [0.15, 0.2) is 0 Å². The highest BCUT2D eigenvalue weighted by molar-refractivity contribution is 4.85. The molecule has 1 saturated carbocycles. The van der Waals surface area contributed by atoms with Gasteiger partial charge in [-0.1, -0.05) is 6.92 Å². The van der Waals surface area contributed by atoms with E-state index in [0.29, 0.717) is 12.1 Å². The second-order valence-corrected chi connectivity index (χ2v) is 5.79. The molecule has 1 heterocycles. The van der Waals surface area contributed by atoms with Gasteiger partial charge in [0.1, 0.15) is 0 Å². The Kier molecular flexibility index (Phi) is 5.89. The Balaban J connectivity index is 1.58. The summed E-state index contributed by atoms with van der Waals surface area (Å²) in [5, 5.41) is 12.9. The number of nitrogens with zero attached hydrogens (tertiary/aromatic N) is 2. The molecule has 1 saturated heterocycles. The Hall–Kier alpha value is -0.160. The van der Waals surface area contributed by atoms with Gasteiger partial charge in [0.15, 0.2) is 0 Å². The maximum Gasteiger partial charge on any atom is 0.0585 e. The van der Waals surface area contributed by atoms with Crippen molar-refractivity contribution in [3.8, 4) is 0 Å². The zero-order valence-corrected chi connectivity index (χ0v) is 11.8. The van der Waals surface area contributed by atoms with E-state index in [2.05, 4.69) is 22.0 Å². The van der Waals surface area contributed by atoms with E-state index in [0.717, 1.165) is 13.0 Å². The van der Waals surface area contributed by atoms with Crippen LogP contribution in [0.5, 0.6) is 0 Å². The lowest BCUT2D eigenvalue weighted by molar-refractivity contribution is 0.123. The van der Waals surface area contributed by atoms with E-state index in [1.54, 1.807) is 0 Å². The predicted molar refractivity (Wildman–Crippen MR) is 74.8 cm³/mol. The summed E-state index contributed by atoms with van der Waals surface area (Å²) in [6, 6.07) is 1.01. The van der Waals surface area contributed by atoms with Crippen LogP contribution in [0.3, 0.4) is 0 Å². The minimum absolute atomic E-state index is 0.284. The van der Waals surface area contributed by atoms with E-state index >= 15 is 0 Å². The highest BCUT2D eigenvalue weighted by atomic mass is 16.3. The lowest BCUT2D eigenvalue weighted by Gasteiger charge is -2.35. The van der Waals surface area contributed by atoms with Crippen LogP contribution in [0.25, 0.3) is 0 Å². The van der Waals surface area contributed by atoms with E-state index in [1.807, 2.05) is 0 Å². The van der Waals surface area contributed by atoms with E-state index in [1.165, 1.54) is 52.0 Å². The van der Waals surface area contributed by atoms with E-state index < -0.39 is 0 Å². The maximum atomic E-state index is 9.35. The zero-order chi connectivity index (χ0) is 12.8. The monoisotopic (exact) mass is 255 g/mol. The van der Waals surface area contributed by atoms with Crippen molar-refractivity contribution in [2.75, 3.05) is 45.9 Å². The quantitative estimate of drug-likeness (QED) is 0.663. The molecule has 0 aromatic rings. The first-order valence-electron chi connectivity index (χ1n) is 7.63. The first-order valence-corrected chi connectivity index (χ1v) is 7.63. The minimum Gasteiger partial charge on any atom is -0.395 e. The lowest BCUT2D eigenvalue weighted by Crippen LogP contribution is -2.48. The molecule has 0 aromatic heterocycles. The van der Waals surface area contributed by atoms with Crippen LogP contribution in [0.4, 0.5) is 0 Å². The third-order valence-electron chi connectivity index (χ3n) is 4.07. The van der Waals surface area contributed by atoms with Gasteiger partial charge in [-0.15, -0.1) is 0 Å². The first kappa shape index (κ1) is 14.3. The molecule has 0 aromatic carbocycles. The van der Waals surface area contributed by atoms with Crippen molar-refractivity contribution in [1.82, 2.24) is 15.1 Å². The van der Waals surface area contributed by atoms with Crippen molar-refractivity contribution < 1.29 is 5.11 Å². The number of piperazine rings is 1. The molecule has 1 aliphatic carbocycles. The molecule has 0 amide bonds. The molecule has 2 fully saturated rings. The molecule has 106 valence electrons. The minimum atomic E-state index is 0.284. The van der Waals surface area contributed by atoms with E-state index in [9.17, 15) is 5.11 Å². The summed E-state index contributed by atoms with van der Waals surface area (Å²) in [6.07, 6.45) is 4.94. The van der Waals surface area contributed by atoms with Crippen molar-refractivity contribution in [2.45, 2.75) is 44.7 Å². The fraction of sp³-hybridized carbons (Fsp3) is 1.00. The third-order valence-corrected chi connectivity index (χ3v) is 4.07. The number of aliphatic hydroxyl groups excluding tert-OH is 1. The van der Waals surface area contributed by atoms with Crippen molar-refractivity contribution in [3.05, 3.63) is 0 Å². The number of hydrogen-bond donors (Lipinski definition) is 2. The first-order chi connectivity index (χ1) is 8.81. The van der Waals surface area contributed by atoms with Gasteiger partial charge in [-0.05, 0) is 38.8 Å². The SMILES string of the molecule is CCCN1CCN(CCC(CO)NC2CC2)CC1. The molecule has 18 heavy (non-hydrogen) atoms.